The van der Waals surface area contributed by atoms with Crippen molar-refractivity contribution in [1.82, 2.24) is 4.98 Å². The Morgan fingerprint density at radius 2 is 2.00 bits per heavy atom. The predicted octanol–water partition coefficient (Wildman–Crippen LogP) is 2.96. The molecule has 0 amide bonds. The first kappa shape index (κ1) is 14.5. The highest BCUT2D eigenvalue weighted by molar-refractivity contribution is 7.84. The van der Waals surface area contributed by atoms with Crippen molar-refractivity contribution in [3.63, 3.8) is 0 Å². The Kier molecular flexibility index (Phi) is 4.55. The van der Waals surface area contributed by atoms with E-state index < -0.39 is 10.8 Å². The lowest BCUT2D eigenvalue weighted by Crippen LogP contribution is -2.39. The summed E-state index contributed by atoms with van der Waals surface area (Å²) in [4.78, 5) is 7.60. The smallest absolute Gasteiger partial charge is 0.185 e. The summed E-state index contributed by atoms with van der Waals surface area (Å²) in [5.74, 6) is 0. The van der Waals surface area contributed by atoms with Crippen molar-refractivity contribution in [3.05, 3.63) is 35.8 Å². The molecule has 1 atom stereocenters. The number of aromatic nitrogens is 1. The number of nitrogens with zero attached hydrogens (tertiary/aromatic N) is 2. The summed E-state index contributed by atoms with van der Waals surface area (Å²) in [5.41, 5.74) is 1.11. The second-order valence-electron chi connectivity index (χ2n) is 5.20. The minimum atomic E-state index is -0.906. The molecule has 3 rings (SSSR count). The van der Waals surface area contributed by atoms with Gasteiger partial charge in [0.05, 0.1) is 0 Å². The van der Waals surface area contributed by atoms with Gasteiger partial charge < -0.3 is 10.2 Å². The molecule has 1 N–H and O–H groups in total. The highest BCUT2D eigenvalue weighted by Crippen LogP contribution is 2.23. The highest BCUT2D eigenvalue weighted by atomic mass is 32.2. The first-order chi connectivity index (χ1) is 10.2. The van der Waals surface area contributed by atoms with E-state index in [1.807, 2.05) is 35.8 Å². The molecule has 0 saturated carbocycles. The average molecular weight is 321 g/mol. The van der Waals surface area contributed by atoms with Gasteiger partial charge >= 0.3 is 0 Å². The Hall–Kier alpha value is -1.40. The lowest BCUT2D eigenvalue weighted by Gasteiger charge is -2.32. The van der Waals surface area contributed by atoms with E-state index in [0.717, 1.165) is 41.6 Å². The second-order valence-corrected chi connectivity index (χ2v) is 7.45. The molecule has 2 aromatic rings. The van der Waals surface area contributed by atoms with E-state index in [2.05, 4.69) is 15.2 Å². The van der Waals surface area contributed by atoms with Crippen LogP contribution in [0.25, 0.3) is 0 Å². The number of benzene rings is 1. The molecule has 21 heavy (non-hydrogen) atoms. The van der Waals surface area contributed by atoms with Gasteiger partial charge in [-0.2, -0.15) is 0 Å². The van der Waals surface area contributed by atoms with Crippen molar-refractivity contribution in [2.75, 3.05) is 29.6 Å². The Morgan fingerprint density at radius 3 is 2.57 bits per heavy atom. The van der Waals surface area contributed by atoms with Crippen LogP contribution in [0.1, 0.15) is 12.8 Å². The van der Waals surface area contributed by atoms with E-state index in [1.54, 1.807) is 17.6 Å². The Balaban J connectivity index is 1.54. The fraction of sp³-hybridized carbons (Fsp3) is 0.400. The molecule has 0 bridgehead atoms. The van der Waals surface area contributed by atoms with Gasteiger partial charge in [-0.3, -0.25) is 4.21 Å². The Labute approximate surface area is 131 Å². The predicted molar refractivity (Wildman–Crippen MR) is 89.7 cm³/mol. The topological polar surface area (TPSA) is 45.2 Å². The van der Waals surface area contributed by atoms with Crippen LogP contribution in [0.5, 0.6) is 0 Å². The third-order valence-corrected chi connectivity index (χ3v) is 5.51. The molecule has 2 heterocycles. The van der Waals surface area contributed by atoms with Crippen LogP contribution in [0.2, 0.25) is 0 Å². The van der Waals surface area contributed by atoms with Gasteiger partial charge in [-0.05, 0) is 37.1 Å². The van der Waals surface area contributed by atoms with Crippen molar-refractivity contribution in [2.45, 2.75) is 23.8 Å². The maximum atomic E-state index is 11.4. The zero-order valence-corrected chi connectivity index (χ0v) is 13.6. The maximum absolute atomic E-state index is 11.4. The zero-order valence-electron chi connectivity index (χ0n) is 12.0. The molecule has 1 aromatic carbocycles. The summed E-state index contributed by atoms with van der Waals surface area (Å²) < 4.78 is 11.4. The van der Waals surface area contributed by atoms with Crippen molar-refractivity contribution in [2.24, 2.45) is 0 Å². The van der Waals surface area contributed by atoms with Crippen molar-refractivity contribution in [3.8, 4) is 0 Å². The molecule has 0 unspecified atom stereocenters. The van der Waals surface area contributed by atoms with Gasteiger partial charge in [0.15, 0.2) is 5.13 Å². The molecule has 6 heteroatoms. The number of thiazole rings is 1. The van der Waals surface area contributed by atoms with Gasteiger partial charge in [-0.15, -0.1) is 11.3 Å². The monoisotopic (exact) mass is 321 g/mol. The minimum absolute atomic E-state index is 0.499. The van der Waals surface area contributed by atoms with Crippen LogP contribution in [-0.2, 0) is 10.8 Å². The van der Waals surface area contributed by atoms with Crippen LogP contribution in [0, 0.1) is 0 Å². The molecule has 0 spiro atoms. The Morgan fingerprint density at radius 1 is 1.29 bits per heavy atom. The largest absolute Gasteiger partial charge is 0.382 e. The normalized spacial score (nSPS) is 17.7. The third-order valence-electron chi connectivity index (χ3n) is 3.74. The number of nitrogens with one attached hydrogen (secondary N) is 1. The summed E-state index contributed by atoms with van der Waals surface area (Å²) in [6.45, 7) is 2.09. The fourth-order valence-corrected chi connectivity index (χ4v) is 3.78. The molecule has 0 radical (unpaired) electrons. The van der Waals surface area contributed by atoms with Crippen LogP contribution >= 0.6 is 11.3 Å². The lowest BCUT2D eigenvalue weighted by atomic mass is 10.1. The molecule has 1 aromatic heterocycles. The first-order valence-corrected chi connectivity index (χ1v) is 9.50. The summed E-state index contributed by atoms with van der Waals surface area (Å²) in [5, 5.41) is 6.72. The van der Waals surface area contributed by atoms with Gasteiger partial charge in [0.1, 0.15) is 0 Å². The first-order valence-electron chi connectivity index (χ1n) is 7.07. The SMILES string of the molecule is C[S@](=O)c1ccc(NC2CCN(c3nccs3)CC2)cc1. The lowest BCUT2D eigenvalue weighted by molar-refractivity contribution is 0.526. The number of piperidine rings is 1. The van der Waals surface area contributed by atoms with E-state index >= 15 is 0 Å². The molecule has 112 valence electrons. The summed E-state index contributed by atoms with van der Waals surface area (Å²) in [6.07, 6.45) is 5.79. The highest BCUT2D eigenvalue weighted by Gasteiger charge is 2.20. The number of hydrogen-bond donors (Lipinski definition) is 1. The summed E-state index contributed by atoms with van der Waals surface area (Å²) >= 11 is 1.70. The van der Waals surface area contributed by atoms with Gasteiger partial charge in [0, 0.05) is 58.3 Å². The summed E-state index contributed by atoms with van der Waals surface area (Å²) in [6, 6.07) is 8.40. The van der Waals surface area contributed by atoms with Gasteiger partial charge in [0.2, 0.25) is 0 Å². The fourth-order valence-electron chi connectivity index (χ4n) is 2.57. The standard InChI is InChI=1S/C15H19N3OS2/c1-21(19)14-4-2-12(3-5-14)17-13-6-9-18(10-7-13)15-16-8-11-20-15/h2-5,8,11,13,17H,6-7,9-10H2,1H3/t21-/m0/s1. The minimum Gasteiger partial charge on any atom is -0.382 e. The average Bonchev–Trinajstić information content (AvgIpc) is 3.03. The van der Waals surface area contributed by atoms with Gasteiger partial charge in [-0.25, -0.2) is 4.98 Å². The van der Waals surface area contributed by atoms with Crippen LogP contribution in [0.4, 0.5) is 10.8 Å². The van der Waals surface area contributed by atoms with Gasteiger partial charge in [0.25, 0.3) is 0 Å². The second kappa shape index (κ2) is 6.58. The van der Waals surface area contributed by atoms with Gasteiger partial charge in [-0.1, -0.05) is 0 Å². The van der Waals surface area contributed by atoms with E-state index in [4.69, 9.17) is 0 Å². The molecule has 1 saturated heterocycles. The van der Waals surface area contributed by atoms with E-state index in [9.17, 15) is 4.21 Å². The molecule has 1 aliphatic heterocycles. The molecule has 0 aliphatic carbocycles. The van der Waals surface area contributed by atoms with E-state index in [1.165, 1.54) is 0 Å². The summed E-state index contributed by atoms with van der Waals surface area (Å²) in [7, 11) is -0.906. The van der Waals surface area contributed by atoms with E-state index in [0.29, 0.717) is 6.04 Å². The van der Waals surface area contributed by atoms with Crippen LogP contribution in [-0.4, -0.2) is 34.6 Å². The van der Waals surface area contributed by atoms with Crippen molar-refractivity contribution >= 4 is 33.0 Å². The molecular formula is C15H19N3OS2. The number of rotatable bonds is 4. The third kappa shape index (κ3) is 3.63. The van der Waals surface area contributed by atoms with E-state index in [-0.39, 0.29) is 0 Å². The molecule has 1 aliphatic rings. The van der Waals surface area contributed by atoms with Crippen LogP contribution in [0.15, 0.2) is 40.7 Å². The molecular weight excluding hydrogens is 302 g/mol. The quantitative estimate of drug-likeness (QED) is 0.940. The number of hydrogen-bond acceptors (Lipinski definition) is 5. The van der Waals surface area contributed by atoms with Crippen LogP contribution in [0.3, 0.4) is 0 Å². The van der Waals surface area contributed by atoms with Crippen molar-refractivity contribution in [1.29, 1.82) is 0 Å². The molecule has 1 fully saturated rings. The number of anilines is 2. The molecule has 4 nitrogen and oxygen atoms in total. The Bertz CT molecular complexity index is 590. The van der Waals surface area contributed by atoms with Crippen molar-refractivity contribution < 1.29 is 4.21 Å². The van der Waals surface area contributed by atoms with Crippen LogP contribution < -0.4 is 10.2 Å². The zero-order chi connectivity index (χ0) is 14.7. The maximum Gasteiger partial charge on any atom is 0.185 e.